The maximum atomic E-state index is 8.71. The van der Waals surface area contributed by atoms with Crippen LogP contribution in [0.3, 0.4) is 0 Å². The summed E-state index contributed by atoms with van der Waals surface area (Å²) in [6.45, 7) is 4.54. The van der Waals surface area contributed by atoms with E-state index in [4.69, 9.17) is 5.26 Å². The van der Waals surface area contributed by atoms with Gasteiger partial charge in [0, 0.05) is 18.3 Å². The lowest BCUT2D eigenvalue weighted by atomic mass is 10.1. The number of rotatable bonds is 5. The zero-order valence-electron chi connectivity index (χ0n) is 10.1. The van der Waals surface area contributed by atoms with E-state index in [0.717, 1.165) is 25.0 Å². The topological polar surface area (TPSA) is 40.8 Å². The first-order chi connectivity index (χ1) is 8.35. The van der Waals surface area contributed by atoms with E-state index in [9.17, 15) is 0 Å². The molecule has 17 heavy (non-hydrogen) atoms. The molecular formula is C14H17N3. The van der Waals surface area contributed by atoms with Crippen molar-refractivity contribution in [3.8, 4) is 6.07 Å². The molecule has 0 aliphatic heterocycles. The molecule has 3 nitrogen and oxygen atoms in total. The van der Waals surface area contributed by atoms with Crippen LogP contribution in [0.5, 0.6) is 0 Å². The Kier molecular flexibility index (Phi) is 3.79. The van der Waals surface area contributed by atoms with Crippen LogP contribution in [-0.4, -0.2) is 11.1 Å². The summed E-state index contributed by atoms with van der Waals surface area (Å²) in [6.07, 6.45) is 3.12. The van der Waals surface area contributed by atoms with E-state index in [0.29, 0.717) is 6.54 Å². The third-order valence-corrected chi connectivity index (χ3v) is 2.83. The highest BCUT2D eigenvalue weighted by Crippen LogP contribution is 2.17. The highest BCUT2D eigenvalue weighted by Gasteiger charge is 2.01. The average molecular weight is 227 g/mol. The van der Waals surface area contributed by atoms with Gasteiger partial charge in [0.2, 0.25) is 0 Å². The number of nitrogens with zero attached hydrogens (tertiary/aromatic N) is 2. The molecular weight excluding hydrogens is 210 g/mol. The van der Waals surface area contributed by atoms with Crippen LogP contribution < -0.4 is 5.32 Å². The fraction of sp³-hybridized carbons (Fsp3) is 0.357. The summed E-state index contributed by atoms with van der Waals surface area (Å²) < 4.78 is 1.97. The van der Waals surface area contributed by atoms with Crippen molar-refractivity contribution in [2.24, 2.45) is 0 Å². The van der Waals surface area contributed by atoms with Crippen LogP contribution in [0.15, 0.2) is 30.5 Å². The zero-order valence-corrected chi connectivity index (χ0v) is 10.1. The molecule has 0 radical (unpaired) electrons. The SMILES string of the molecule is CCCNCc1ccc2c(ccn2CC#N)c1. The van der Waals surface area contributed by atoms with Gasteiger partial charge in [-0.05, 0) is 42.1 Å². The van der Waals surface area contributed by atoms with Crippen LogP contribution in [0.4, 0.5) is 0 Å². The third kappa shape index (κ3) is 2.66. The Bertz CT molecular complexity index is 534. The van der Waals surface area contributed by atoms with Gasteiger partial charge in [-0.3, -0.25) is 0 Å². The van der Waals surface area contributed by atoms with E-state index in [1.165, 1.54) is 10.9 Å². The molecule has 2 aromatic rings. The summed E-state index contributed by atoms with van der Waals surface area (Å²) in [6, 6.07) is 10.6. The minimum atomic E-state index is 0.414. The summed E-state index contributed by atoms with van der Waals surface area (Å²) >= 11 is 0. The second kappa shape index (κ2) is 5.51. The number of hydrogen-bond donors (Lipinski definition) is 1. The Hall–Kier alpha value is -1.79. The maximum Gasteiger partial charge on any atom is 0.110 e. The molecule has 0 amide bonds. The Morgan fingerprint density at radius 1 is 1.35 bits per heavy atom. The Morgan fingerprint density at radius 3 is 3.00 bits per heavy atom. The van der Waals surface area contributed by atoms with E-state index in [1.807, 2.05) is 10.8 Å². The van der Waals surface area contributed by atoms with Crippen LogP contribution in [0, 0.1) is 11.3 Å². The molecule has 0 aliphatic carbocycles. The molecule has 0 aliphatic rings. The monoisotopic (exact) mass is 227 g/mol. The van der Waals surface area contributed by atoms with Gasteiger partial charge in [0.15, 0.2) is 0 Å². The molecule has 1 aromatic carbocycles. The molecule has 0 saturated carbocycles. The smallest absolute Gasteiger partial charge is 0.110 e. The minimum Gasteiger partial charge on any atom is -0.334 e. The first kappa shape index (κ1) is 11.7. The van der Waals surface area contributed by atoms with Gasteiger partial charge in [-0.2, -0.15) is 5.26 Å². The van der Waals surface area contributed by atoms with Crippen molar-refractivity contribution >= 4 is 10.9 Å². The molecule has 0 spiro atoms. The number of nitriles is 1. The molecule has 0 saturated heterocycles. The third-order valence-electron chi connectivity index (χ3n) is 2.83. The van der Waals surface area contributed by atoms with E-state index < -0.39 is 0 Å². The molecule has 0 fully saturated rings. The van der Waals surface area contributed by atoms with Gasteiger partial charge in [-0.1, -0.05) is 13.0 Å². The predicted octanol–water partition coefficient (Wildman–Crippen LogP) is 2.66. The molecule has 3 heteroatoms. The first-order valence-corrected chi connectivity index (χ1v) is 6.00. The fourth-order valence-corrected chi connectivity index (χ4v) is 1.98. The number of hydrogen-bond acceptors (Lipinski definition) is 2. The van der Waals surface area contributed by atoms with E-state index in [2.05, 4.69) is 42.6 Å². The highest BCUT2D eigenvalue weighted by atomic mass is 14.9. The van der Waals surface area contributed by atoms with Gasteiger partial charge in [-0.15, -0.1) is 0 Å². The van der Waals surface area contributed by atoms with Crippen molar-refractivity contribution in [3.05, 3.63) is 36.0 Å². The van der Waals surface area contributed by atoms with Crippen molar-refractivity contribution in [2.45, 2.75) is 26.4 Å². The largest absolute Gasteiger partial charge is 0.334 e. The Labute approximate surface area is 102 Å². The second-order valence-electron chi connectivity index (χ2n) is 4.17. The van der Waals surface area contributed by atoms with Crippen LogP contribution >= 0.6 is 0 Å². The normalized spacial score (nSPS) is 10.6. The Morgan fingerprint density at radius 2 is 2.24 bits per heavy atom. The quantitative estimate of drug-likeness (QED) is 0.798. The van der Waals surface area contributed by atoms with Crippen molar-refractivity contribution in [1.82, 2.24) is 9.88 Å². The molecule has 1 heterocycles. The standard InChI is InChI=1S/C14H17N3/c1-2-7-16-11-12-3-4-14-13(10-12)5-8-17(14)9-6-15/h3-5,8,10,16H,2,7,9,11H2,1H3. The summed E-state index contributed by atoms with van der Waals surface area (Å²) in [4.78, 5) is 0. The summed E-state index contributed by atoms with van der Waals surface area (Å²) in [7, 11) is 0. The predicted molar refractivity (Wildman–Crippen MR) is 69.5 cm³/mol. The molecule has 1 aromatic heterocycles. The Balaban J connectivity index is 2.18. The van der Waals surface area contributed by atoms with E-state index in [1.54, 1.807) is 0 Å². The van der Waals surface area contributed by atoms with Crippen LogP contribution in [0.2, 0.25) is 0 Å². The van der Waals surface area contributed by atoms with Gasteiger partial charge in [-0.25, -0.2) is 0 Å². The minimum absolute atomic E-state index is 0.414. The average Bonchev–Trinajstić information content (AvgIpc) is 2.73. The molecule has 0 bridgehead atoms. The zero-order chi connectivity index (χ0) is 12.1. The second-order valence-corrected chi connectivity index (χ2v) is 4.17. The van der Waals surface area contributed by atoms with Gasteiger partial charge >= 0.3 is 0 Å². The lowest BCUT2D eigenvalue weighted by Crippen LogP contribution is -2.13. The van der Waals surface area contributed by atoms with Gasteiger partial charge in [0.05, 0.1) is 6.07 Å². The first-order valence-electron chi connectivity index (χ1n) is 6.00. The van der Waals surface area contributed by atoms with Gasteiger partial charge < -0.3 is 9.88 Å². The lowest BCUT2D eigenvalue weighted by Gasteiger charge is -2.04. The summed E-state index contributed by atoms with van der Waals surface area (Å²) in [5.74, 6) is 0. The van der Waals surface area contributed by atoms with Gasteiger partial charge in [0.25, 0.3) is 0 Å². The maximum absolute atomic E-state index is 8.71. The highest BCUT2D eigenvalue weighted by molar-refractivity contribution is 5.80. The van der Waals surface area contributed by atoms with Gasteiger partial charge in [0.1, 0.15) is 6.54 Å². The molecule has 0 unspecified atom stereocenters. The lowest BCUT2D eigenvalue weighted by molar-refractivity contribution is 0.676. The summed E-state index contributed by atoms with van der Waals surface area (Å²) in [5, 5.41) is 13.3. The van der Waals surface area contributed by atoms with Crippen LogP contribution in [-0.2, 0) is 13.1 Å². The summed E-state index contributed by atoms with van der Waals surface area (Å²) in [5.41, 5.74) is 2.42. The van der Waals surface area contributed by atoms with Crippen molar-refractivity contribution in [3.63, 3.8) is 0 Å². The van der Waals surface area contributed by atoms with Crippen molar-refractivity contribution < 1.29 is 0 Å². The van der Waals surface area contributed by atoms with Crippen molar-refractivity contribution in [1.29, 1.82) is 5.26 Å². The fourth-order valence-electron chi connectivity index (χ4n) is 1.98. The molecule has 0 atom stereocenters. The number of fused-ring (bicyclic) bond motifs is 1. The van der Waals surface area contributed by atoms with Crippen molar-refractivity contribution in [2.75, 3.05) is 6.54 Å². The molecule has 88 valence electrons. The van der Waals surface area contributed by atoms with E-state index >= 15 is 0 Å². The molecule has 1 N–H and O–H groups in total. The van der Waals surface area contributed by atoms with E-state index in [-0.39, 0.29) is 0 Å². The number of benzene rings is 1. The van der Waals surface area contributed by atoms with Crippen LogP contribution in [0.1, 0.15) is 18.9 Å². The number of nitrogens with one attached hydrogen (secondary N) is 1. The molecule has 2 rings (SSSR count). The van der Waals surface area contributed by atoms with Crippen LogP contribution in [0.25, 0.3) is 10.9 Å². The number of aromatic nitrogens is 1.